The number of hydrogen-bond acceptors (Lipinski definition) is 2. The number of halogens is 1. The molecule has 0 saturated carbocycles. The SMILES string of the molecule is CNC(=O)C(=O)c1c(-c2ccc(F)cc2)cc2ccccn12. The van der Waals surface area contributed by atoms with Gasteiger partial charge in [-0.2, -0.15) is 0 Å². The number of amides is 1. The first kappa shape index (κ1) is 14.0. The van der Waals surface area contributed by atoms with Gasteiger partial charge in [-0.25, -0.2) is 4.39 Å². The number of hydrogen-bond donors (Lipinski definition) is 1. The average molecular weight is 296 g/mol. The molecule has 0 aliphatic carbocycles. The highest BCUT2D eigenvalue weighted by molar-refractivity contribution is 6.43. The van der Waals surface area contributed by atoms with Crippen molar-refractivity contribution in [2.45, 2.75) is 0 Å². The summed E-state index contributed by atoms with van der Waals surface area (Å²) in [7, 11) is 1.41. The molecule has 2 heterocycles. The molecular formula is C17H13FN2O2. The van der Waals surface area contributed by atoms with E-state index >= 15 is 0 Å². The third kappa shape index (κ3) is 2.26. The zero-order chi connectivity index (χ0) is 15.7. The Morgan fingerprint density at radius 1 is 1.09 bits per heavy atom. The van der Waals surface area contributed by atoms with E-state index < -0.39 is 11.7 Å². The molecule has 5 heteroatoms. The Bertz CT molecular complexity index is 866. The molecule has 0 bridgehead atoms. The summed E-state index contributed by atoms with van der Waals surface area (Å²) in [5.41, 5.74) is 2.33. The lowest BCUT2D eigenvalue weighted by molar-refractivity contribution is -0.116. The quantitative estimate of drug-likeness (QED) is 0.597. The summed E-state index contributed by atoms with van der Waals surface area (Å²) in [6.45, 7) is 0. The van der Waals surface area contributed by atoms with Gasteiger partial charge in [-0.3, -0.25) is 9.59 Å². The van der Waals surface area contributed by atoms with Crippen LogP contribution in [-0.2, 0) is 4.79 Å². The second-order valence-electron chi connectivity index (χ2n) is 4.82. The largest absolute Gasteiger partial charge is 0.352 e. The number of fused-ring (bicyclic) bond motifs is 1. The van der Waals surface area contributed by atoms with E-state index in [1.54, 1.807) is 28.8 Å². The number of likely N-dealkylation sites (N-methyl/N-ethyl adjacent to an activating group) is 1. The summed E-state index contributed by atoms with van der Waals surface area (Å²) in [6.07, 6.45) is 1.72. The minimum Gasteiger partial charge on any atom is -0.352 e. The zero-order valence-electron chi connectivity index (χ0n) is 11.8. The third-order valence-electron chi connectivity index (χ3n) is 3.48. The van der Waals surface area contributed by atoms with Crippen molar-refractivity contribution in [2.75, 3.05) is 7.05 Å². The van der Waals surface area contributed by atoms with Crippen LogP contribution in [0.25, 0.3) is 16.6 Å². The van der Waals surface area contributed by atoms with Crippen LogP contribution in [0.2, 0.25) is 0 Å². The lowest BCUT2D eigenvalue weighted by Crippen LogP contribution is -2.28. The van der Waals surface area contributed by atoms with Gasteiger partial charge in [0.15, 0.2) is 0 Å². The number of pyridine rings is 1. The lowest BCUT2D eigenvalue weighted by Gasteiger charge is -2.05. The van der Waals surface area contributed by atoms with E-state index in [1.807, 2.05) is 18.2 Å². The first-order valence-corrected chi connectivity index (χ1v) is 6.74. The molecule has 1 aromatic carbocycles. The number of Topliss-reactive ketones (excluding diaryl/α,β-unsaturated/α-hetero) is 1. The topological polar surface area (TPSA) is 50.6 Å². The smallest absolute Gasteiger partial charge is 0.293 e. The van der Waals surface area contributed by atoms with Crippen LogP contribution in [0.5, 0.6) is 0 Å². The maximum atomic E-state index is 13.1. The van der Waals surface area contributed by atoms with E-state index in [-0.39, 0.29) is 11.5 Å². The summed E-state index contributed by atoms with van der Waals surface area (Å²) >= 11 is 0. The molecular weight excluding hydrogens is 283 g/mol. The van der Waals surface area contributed by atoms with E-state index in [1.165, 1.54) is 19.2 Å². The first-order valence-electron chi connectivity index (χ1n) is 6.74. The normalized spacial score (nSPS) is 10.6. The summed E-state index contributed by atoms with van der Waals surface area (Å²) in [5.74, 6) is -1.67. The molecule has 0 unspecified atom stereocenters. The summed E-state index contributed by atoms with van der Waals surface area (Å²) in [4.78, 5) is 24.2. The van der Waals surface area contributed by atoms with E-state index in [2.05, 4.69) is 5.32 Å². The van der Waals surface area contributed by atoms with Crippen molar-refractivity contribution in [3.05, 3.63) is 66.2 Å². The standard InChI is InChI=1S/C17H13FN2O2/c1-19-17(22)16(21)15-14(11-5-7-12(18)8-6-11)10-13-4-2-3-9-20(13)15/h2-10H,1H3,(H,19,22). The molecule has 0 radical (unpaired) electrons. The van der Waals surface area contributed by atoms with Gasteiger partial charge in [0.05, 0.1) is 0 Å². The molecule has 0 spiro atoms. The van der Waals surface area contributed by atoms with Gasteiger partial charge >= 0.3 is 0 Å². The van der Waals surface area contributed by atoms with Crippen LogP contribution in [-0.4, -0.2) is 23.1 Å². The number of carbonyl (C=O) groups is 2. The fourth-order valence-electron chi connectivity index (χ4n) is 2.43. The van der Waals surface area contributed by atoms with E-state index in [0.717, 1.165) is 5.52 Å². The van der Waals surface area contributed by atoms with E-state index in [0.29, 0.717) is 11.1 Å². The highest BCUT2D eigenvalue weighted by Gasteiger charge is 2.23. The number of aromatic nitrogens is 1. The number of carbonyl (C=O) groups excluding carboxylic acids is 2. The van der Waals surface area contributed by atoms with Gasteiger partial charge in [0.25, 0.3) is 11.7 Å². The lowest BCUT2D eigenvalue weighted by atomic mass is 10.0. The maximum Gasteiger partial charge on any atom is 0.293 e. The maximum absolute atomic E-state index is 13.1. The van der Waals surface area contributed by atoms with Crippen molar-refractivity contribution < 1.29 is 14.0 Å². The second kappa shape index (κ2) is 5.44. The van der Waals surface area contributed by atoms with Gasteiger partial charge in [-0.15, -0.1) is 0 Å². The Hall–Kier alpha value is -2.95. The van der Waals surface area contributed by atoms with E-state index in [4.69, 9.17) is 0 Å². The summed E-state index contributed by atoms with van der Waals surface area (Å²) in [6, 6.07) is 13.1. The van der Waals surface area contributed by atoms with Crippen molar-refractivity contribution in [1.82, 2.24) is 9.72 Å². The average Bonchev–Trinajstić information content (AvgIpc) is 2.93. The minimum absolute atomic E-state index is 0.265. The number of ketones is 1. The van der Waals surface area contributed by atoms with Crippen LogP contribution in [0.1, 0.15) is 10.5 Å². The Morgan fingerprint density at radius 3 is 2.50 bits per heavy atom. The number of nitrogens with zero attached hydrogens (tertiary/aromatic N) is 1. The van der Waals surface area contributed by atoms with Crippen LogP contribution in [0.15, 0.2) is 54.7 Å². The predicted molar refractivity (Wildman–Crippen MR) is 81.2 cm³/mol. The van der Waals surface area contributed by atoms with Crippen LogP contribution in [0.3, 0.4) is 0 Å². The second-order valence-corrected chi connectivity index (χ2v) is 4.82. The van der Waals surface area contributed by atoms with Crippen LogP contribution < -0.4 is 5.32 Å². The molecule has 0 aliphatic rings. The molecule has 3 rings (SSSR count). The summed E-state index contributed by atoms with van der Waals surface area (Å²) < 4.78 is 14.8. The fourth-order valence-corrected chi connectivity index (χ4v) is 2.43. The van der Waals surface area contributed by atoms with Gasteiger partial charge in [0.2, 0.25) is 0 Å². The molecule has 110 valence electrons. The highest BCUT2D eigenvalue weighted by atomic mass is 19.1. The van der Waals surface area contributed by atoms with Gasteiger partial charge in [-0.1, -0.05) is 18.2 Å². The Balaban J connectivity index is 2.27. The Labute approximate surface area is 126 Å². The van der Waals surface area contributed by atoms with E-state index in [9.17, 15) is 14.0 Å². The molecule has 0 saturated heterocycles. The predicted octanol–water partition coefficient (Wildman–Crippen LogP) is 2.67. The van der Waals surface area contributed by atoms with Crippen LogP contribution >= 0.6 is 0 Å². The minimum atomic E-state index is -0.688. The van der Waals surface area contributed by atoms with Gasteiger partial charge in [0.1, 0.15) is 11.5 Å². The number of benzene rings is 1. The zero-order valence-corrected chi connectivity index (χ0v) is 11.8. The van der Waals surface area contributed by atoms with Crippen molar-refractivity contribution >= 4 is 17.2 Å². The van der Waals surface area contributed by atoms with Crippen molar-refractivity contribution in [2.24, 2.45) is 0 Å². The summed E-state index contributed by atoms with van der Waals surface area (Å²) in [5, 5.41) is 2.34. The Kier molecular flexibility index (Phi) is 3.47. The molecule has 0 fully saturated rings. The van der Waals surface area contributed by atoms with Crippen molar-refractivity contribution in [1.29, 1.82) is 0 Å². The number of rotatable bonds is 3. The first-order chi connectivity index (χ1) is 10.6. The van der Waals surface area contributed by atoms with Gasteiger partial charge in [-0.05, 0) is 35.9 Å². The van der Waals surface area contributed by atoms with Crippen LogP contribution in [0, 0.1) is 5.82 Å². The molecule has 1 amide bonds. The highest BCUT2D eigenvalue weighted by Crippen LogP contribution is 2.28. The van der Waals surface area contributed by atoms with Gasteiger partial charge < -0.3 is 9.72 Å². The fraction of sp³-hybridized carbons (Fsp3) is 0.0588. The van der Waals surface area contributed by atoms with Crippen molar-refractivity contribution in [3.63, 3.8) is 0 Å². The molecule has 0 aliphatic heterocycles. The van der Waals surface area contributed by atoms with Crippen molar-refractivity contribution in [3.8, 4) is 11.1 Å². The molecule has 0 atom stereocenters. The Morgan fingerprint density at radius 2 is 1.82 bits per heavy atom. The monoisotopic (exact) mass is 296 g/mol. The van der Waals surface area contributed by atoms with Gasteiger partial charge in [0, 0.05) is 24.3 Å². The molecule has 4 nitrogen and oxygen atoms in total. The van der Waals surface area contributed by atoms with Crippen LogP contribution in [0.4, 0.5) is 4.39 Å². The molecule has 3 aromatic rings. The number of nitrogens with one attached hydrogen (secondary N) is 1. The molecule has 1 N–H and O–H groups in total. The third-order valence-corrected chi connectivity index (χ3v) is 3.48. The molecule has 2 aromatic heterocycles. The molecule has 22 heavy (non-hydrogen) atoms.